The van der Waals surface area contributed by atoms with E-state index in [-0.39, 0.29) is 17.8 Å². The smallest absolute Gasteiger partial charge is 0.229 e. The number of piperidine rings is 1. The summed E-state index contributed by atoms with van der Waals surface area (Å²) in [4.78, 5) is 15.8. The normalized spacial score (nSPS) is 31.8. The number of carbonyl (C=O) groups excluding carboxylic acids is 1. The van der Waals surface area contributed by atoms with E-state index in [1.54, 1.807) is 0 Å². The van der Waals surface area contributed by atoms with E-state index in [1.807, 2.05) is 7.05 Å². The summed E-state index contributed by atoms with van der Waals surface area (Å²) in [6.45, 7) is 1.86. The lowest BCUT2D eigenvalue weighted by Gasteiger charge is -2.43. The highest BCUT2D eigenvalue weighted by Gasteiger charge is 2.56. The Morgan fingerprint density at radius 3 is 2.44 bits per heavy atom. The minimum absolute atomic E-state index is 0. The van der Waals surface area contributed by atoms with Crippen LogP contribution in [0.4, 0.5) is 0 Å². The molecule has 1 aromatic carbocycles. The van der Waals surface area contributed by atoms with Crippen LogP contribution in [0.5, 0.6) is 0 Å². The monoisotopic (exact) mass is 362 g/mol. The molecule has 1 amide bonds. The summed E-state index contributed by atoms with van der Waals surface area (Å²) < 4.78 is 0. The van der Waals surface area contributed by atoms with Crippen molar-refractivity contribution in [3.05, 3.63) is 35.9 Å². The first-order valence-corrected chi connectivity index (χ1v) is 9.72. The molecule has 3 atom stereocenters. The number of rotatable bonds is 4. The van der Waals surface area contributed by atoms with Gasteiger partial charge in [-0.05, 0) is 63.0 Å². The number of nitrogens with one attached hydrogen (secondary N) is 1. The van der Waals surface area contributed by atoms with Crippen LogP contribution in [0.15, 0.2) is 30.3 Å². The molecule has 2 bridgehead atoms. The number of fused-ring (bicyclic) bond motifs is 2. The van der Waals surface area contributed by atoms with E-state index in [2.05, 4.69) is 40.5 Å². The molecule has 1 saturated heterocycles. The number of halogens is 1. The number of carbonyl (C=O) groups is 1. The molecule has 0 spiro atoms. The average Bonchev–Trinajstić information content (AvgIpc) is 3.24. The lowest BCUT2D eigenvalue weighted by Crippen LogP contribution is -2.52. The van der Waals surface area contributed by atoms with Crippen molar-refractivity contribution in [3.63, 3.8) is 0 Å². The number of hydrogen-bond donors (Lipinski definition) is 1. The van der Waals surface area contributed by atoms with Crippen LogP contribution in [-0.2, 0) is 11.2 Å². The maximum atomic E-state index is 13.6. The van der Waals surface area contributed by atoms with Crippen molar-refractivity contribution < 1.29 is 4.79 Å². The van der Waals surface area contributed by atoms with Gasteiger partial charge < -0.3 is 10.2 Å². The molecule has 2 aliphatic carbocycles. The molecule has 1 heterocycles. The molecule has 3 aliphatic rings. The van der Waals surface area contributed by atoms with Gasteiger partial charge in [0.15, 0.2) is 0 Å². The van der Waals surface area contributed by atoms with Crippen molar-refractivity contribution in [2.45, 2.75) is 51.0 Å². The Morgan fingerprint density at radius 1 is 1.16 bits per heavy atom. The van der Waals surface area contributed by atoms with Crippen LogP contribution in [0.2, 0.25) is 0 Å². The molecule has 3 unspecified atom stereocenters. The Labute approximate surface area is 158 Å². The van der Waals surface area contributed by atoms with Crippen molar-refractivity contribution in [1.82, 2.24) is 10.2 Å². The second-order valence-electron chi connectivity index (χ2n) is 8.25. The molecular weight excluding hydrogens is 332 g/mol. The Balaban J connectivity index is 0.00000182. The van der Waals surface area contributed by atoms with Crippen molar-refractivity contribution in [2.24, 2.45) is 17.3 Å². The summed E-state index contributed by atoms with van der Waals surface area (Å²) in [5, 5.41) is 3.37. The minimum Gasteiger partial charge on any atom is -0.342 e. The lowest BCUT2D eigenvalue weighted by molar-refractivity contribution is -0.146. The number of benzene rings is 1. The van der Waals surface area contributed by atoms with Crippen molar-refractivity contribution in [3.8, 4) is 0 Å². The van der Waals surface area contributed by atoms with Crippen LogP contribution in [0.25, 0.3) is 0 Å². The summed E-state index contributed by atoms with van der Waals surface area (Å²) in [5.41, 5.74) is 1.22. The van der Waals surface area contributed by atoms with E-state index in [1.165, 1.54) is 24.8 Å². The molecule has 0 aromatic heterocycles. The Bertz CT molecular complexity index is 585. The Hall–Kier alpha value is -1.06. The zero-order valence-corrected chi connectivity index (χ0v) is 16.1. The van der Waals surface area contributed by atoms with E-state index < -0.39 is 0 Å². The zero-order valence-electron chi connectivity index (χ0n) is 15.2. The van der Waals surface area contributed by atoms with Crippen LogP contribution in [-0.4, -0.2) is 37.0 Å². The fraction of sp³-hybridized carbons (Fsp3) is 0.667. The number of amides is 1. The molecular formula is C21H31ClN2O. The predicted octanol–water partition coefficient (Wildman–Crippen LogP) is 3.67. The summed E-state index contributed by atoms with van der Waals surface area (Å²) in [5.74, 6) is 1.86. The third-order valence-electron chi connectivity index (χ3n) is 6.95. The van der Waals surface area contributed by atoms with E-state index in [0.29, 0.717) is 17.9 Å². The molecule has 3 nitrogen and oxygen atoms in total. The number of hydrogen-bond acceptors (Lipinski definition) is 2. The second-order valence-corrected chi connectivity index (χ2v) is 8.25. The molecule has 138 valence electrons. The van der Waals surface area contributed by atoms with Gasteiger partial charge in [0.05, 0.1) is 5.41 Å². The van der Waals surface area contributed by atoms with E-state index >= 15 is 0 Å². The fourth-order valence-corrected chi connectivity index (χ4v) is 5.64. The van der Waals surface area contributed by atoms with E-state index in [9.17, 15) is 4.79 Å². The molecule has 1 aromatic rings. The summed E-state index contributed by atoms with van der Waals surface area (Å²) in [7, 11) is 2.04. The van der Waals surface area contributed by atoms with Gasteiger partial charge in [-0.25, -0.2) is 0 Å². The zero-order chi connectivity index (χ0) is 16.6. The highest BCUT2D eigenvalue weighted by atomic mass is 35.5. The van der Waals surface area contributed by atoms with Gasteiger partial charge in [0, 0.05) is 19.1 Å². The van der Waals surface area contributed by atoms with Crippen LogP contribution in [0, 0.1) is 17.3 Å². The van der Waals surface area contributed by atoms with Crippen molar-refractivity contribution in [2.75, 3.05) is 20.1 Å². The van der Waals surface area contributed by atoms with E-state index in [0.717, 1.165) is 44.7 Å². The van der Waals surface area contributed by atoms with E-state index in [4.69, 9.17) is 0 Å². The van der Waals surface area contributed by atoms with Crippen LogP contribution in [0.1, 0.15) is 44.1 Å². The van der Waals surface area contributed by atoms with Gasteiger partial charge in [0.1, 0.15) is 0 Å². The van der Waals surface area contributed by atoms with Crippen LogP contribution < -0.4 is 5.32 Å². The lowest BCUT2D eigenvalue weighted by atomic mass is 9.68. The maximum absolute atomic E-state index is 13.6. The molecule has 1 N–H and O–H groups in total. The third kappa shape index (κ3) is 3.46. The van der Waals surface area contributed by atoms with Gasteiger partial charge in [0.2, 0.25) is 5.91 Å². The molecule has 0 radical (unpaired) electrons. The first-order chi connectivity index (χ1) is 11.7. The quantitative estimate of drug-likeness (QED) is 0.886. The minimum atomic E-state index is -0.114. The predicted molar refractivity (Wildman–Crippen MR) is 104 cm³/mol. The molecule has 1 aliphatic heterocycles. The fourth-order valence-electron chi connectivity index (χ4n) is 5.64. The Kier molecular flexibility index (Phi) is 5.75. The van der Waals surface area contributed by atoms with Crippen LogP contribution in [0.3, 0.4) is 0 Å². The second kappa shape index (κ2) is 7.67. The first kappa shape index (κ1) is 18.7. The SMILES string of the molecule is CNC1CCN(C(=O)C2(Cc3ccccc3)CC3CCC2C3)CC1.Cl. The standard InChI is InChI=1S/C21H30N2O.ClH/c1-22-19-9-11-23(12-10-19)20(24)21(14-16-5-3-2-4-6-16)15-17-7-8-18(21)13-17;/h2-6,17-19,22H,7-15H2,1H3;1H. The highest BCUT2D eigenvalue weighted by Crippen LogP contribution is 2.58. The van der Waals surface area contributed by atoms with Gasteiger partial charge in [0.25, 0.3) is 0 Å². The van der Waals surface area contributed by atoms with Gasteiger partial charge in [-0.15, -0.1) is 12.4 Å². The van der Waals surface area contributed by atoms with Crippen molar-refractivity contribution in [1.29, 1.82) is 0 Å². The third-order valence-corrected chi connectivity index (χ3v) is 6.95. The van der Waals surface area contributed by atoms with Gasteiger partial charge in [-0.3, -0.25) is 4.79 Å². The van der Waals surface area contributed by atoms with Crippen molar-refractivity contribution >= 4 is 18.3 Å². The van der Waals surface area contributed by atoms with Crippen LogP contribution >= 0.6 is 12.4 Å². The molecule has 4 heteroatoms. The summed E-state index contributed by atoms with van der Waals surface area (Å²) >= 11 is 0. The molecule has 4 rings (SSSR count). The topological polar surface area (TPSA) is 32.3 Å². The largest absolute Gasteiger partial charge is 0.342 e. The first-order valence-electron chi connectivity index (χ1n) is 9.72. The maximum Gasteiger partial charge on any atom is 0.229 e. The highest BCUT2D eigenvalue weighted by molar-refractivity contribution is 5.85. The number of nitrogens with zero attached hydrogens (tertiary/aromatic N) is 1. The molecule has 25 heavy (non-hydrogen) atoms. The summed E-state index contributed by atoms with van der Waals surface area (Å²) in [6.07, 6.45) is 8.14. The molecule has 2 saturated carbocycles. The van der Waals surface area contributed by atoms with Gasteiger partial charge in [-0.2, -0.15) is 0 Å². The Morgan fingerprint density at radius 2 is 1.88 bits per heavy atom. The number of likely N-dealkylation sites (tertiary alicyclic amines) is 1. The average molecular weight is 363 g/mol. The molecule has 3 fully saturated rings. The van der Waals surface area contributed by atoms with Gasteiger partial charge >= 0.3 is 0 Å². The summed E-state index contributed by atoms with van der Waals surface area (Å²) in [6, 6.07) is 11.3. The van der Waals surface area contributed by atoms with Gasteiger partial charge in [-0.1, -0.05) is 36.8 Å².